The van der Waals surface area contributed by atoms with Crippen LogP contribution in [0.4, 0.5) is 10.1 Å². The topological polar surface area (TPSA) is 39.3 Å². The Morgan fingerprint density at radius 3 is 2.70 bits per heavy atom. The first kappa shape index (κ1) is 12.5. The Bertz CT molecular complexity index is 720. The van der Waals surface area contributed by atoms with Gasteiger partial charge in [-0.05, 0) is 12.1 Å². The normalized spacial score (nSPS) is 14.8. The Kier molecular flexibility index (Phi) is 2.64. The lowest BCUT2D eigenvalue weighted by Gasteiger charge is -2.33. The lowest BCUT2D eigenvalue weighted by atomic mass is 10.0. The van der Waals surface area contributed by atoms with Gasteiger partial charge in [0, 0.05) is 25.9 Å². The zero-order chi connectivity index (χ0) is 14.4. The van der Waals surface area contributed by atoms with Gasteiger partial charge in [0.1, 0.15) is 11.6 Å². The van der Waals surface area contributed by atoms with Crippen molar-refractivity contribution in [2.24, 2.45) is 0 Å². The van der Waals surface area contributed by atoms with Crippen molar-refractivity contribution in [2.75, 3.05) is 19.0 Å². The molecule has 0 unspecified atom stereocenters. The highest BCUT2D eigenvalue weighted by molar-refractivity contribution is 6.08. The van der Waals surface area contributed by atoms with Crippen LogP contribution in [0, 0.1) is 5.82 Å². The van der Waals surface area contributed by atoms with Gasteiger partial charge in [-0.15, -0.1) is 0 Å². The van der Waals surface area contributed by atoms with Crippen LogP contribution < -0.4 is 4.90 Å². The molecule has 0 saturated carbocycles. The molecule has 2 heterocycles. The van der Waals surface area contributed by atoms with Gasteiger partial charge in [-0.2, -0.15) is 0 Å². The average molecular weight is 271 g/mol. The van der Waals surface area contributed by atoms with Crippen LogP contribution in [0.5, 0.6) is 0 Å². The van der Waals surface area contributed by atoms with Crippen molar-refractivity contribution in [3.63, 3.8) is 0 Å². The molecule has 1 aromatic carbocycles. The monoisotopic (exact) mass is 271 g/mol. The van der Waals surface area contributed by atoms with Crippen LogP contribution in [0.1, 0.15) is 10.4 Å². The van der Waals surface area contributed by atoms with Crippen molar-refractivity contribution >= 4 is 11.6 Å². The number of amides is 1. The van der Waals surface area contributed by atoms with Gasteiger partial charge in [0.05, 0.1) is 16.9 Å². The van der Waals surface area contributed by atoms with E-state index in [2.05, 4.69) is 11.6 Å². The van der Waals surface area contributed by atoms with Gasteiger partial charge >= 0.3 is 0 Å². The number of aromatic nitrogens is 1. The summed E-state index contributed by atoms with van der Waals surface area (Å²) in [5, 5.41) is 0. The van der Waals surface area contributed by atoms with Crippen LogP contribution in [0.25, 0.3) is 11.3 Å². The lowest BCUT2D eigenvalue weighted by Crippen LogP contribution is -2.39. The van der Waals surface area contributed by atoms with E-state index in [-0.39, 0.29) is 11.7 Å². The fraction of sp³-hybridized carbons (Fsp3) is 0.133. The highest BCUT2D eigenvalue weighted by Gasteiger charge is 2.32. The standard InChI is InChI=1S/C15H14FN3O/c1-9-18(2)12-8-17-14(13(12)15(20)19(9)3)10-5-4-6-11(16)7-10/h4-8,17H,1H2,2-3H3. The van der Waals surface area contributed by atoms with Gasteiger partial charge in [-0.3, -0.25) is 9.69 Å². The summed E-state index contributed by atoms with van der Waals surface area (Å²) in [7, 11) is 3.51. The van der Waals surface area contributed by atoms with Crippen LogP contribution in [0.15, 0.2) is 42.9 Å². The molecule has 0 atom stereocenters. The van der Waals surface area contributed by atoms with Gasteiger partial charge < -0.3 is 9.88 Å². The summed E-state index contributed by atoms with van der Waals surface area (Å²) < 4.78 is 13.4. The third-order valence-corrected chi connectivity index (χ3v) is 3.63. The predicted octanol–water partition coefficient (Wildman–Crippen LogP) is 2.81. The molecule has 102 valence electrons. The van der Waals surface area contributed by atoms with E-state index < -0.39 is 0 Å². The number of halogens is 1. The van der Waals surface area contributed by atoms with Gasteiger partial charge in [0.15, 0.2) is 0 Å². The summed E-state index contributed by atoms with van der Waals surface area (Å²) in [5.74, 6) is 0.121. The third kappa shape index (κ3) is 1.63. The summed E-state index contributed by atoms with van der Waals surface area (Å²) in [4.78, 5) is 18.8. The number of carbonyl (C=O) groups is 1. The van der Waals surface area contributed by atoms with E-state index in [4.69, 9.17) is 0 Å². The number of rotatable bonds is 1. The molecule has 1 amide bonds. The Hall–Kier alpha value is -2.56. The average Bonchev–Trinajstić information content (AvgIpc) is 2.87. The second kappa shape index (κ2) is 4.23. The fourth-order valence-electron chi connectivity index (χ4n) is 2.41. The highest BCUT2D eigenvalue weighted by atomic mass is 19.1. The highest BCUT2D eigenvalue weighted by Crippen LogP contribution is 2.37. The third-order valence-electron chi connectivity index (χ3n) is 3.63. The molecule has 0 bridgehead atoms. The molecule has 0 fully saturated rings. The molecule has 1 N–H and O–H groups in total. The maximum Gasteiger partial charge on any atom is 0.263 e. The number of aromatic amines is 1. The Morgan fingerprint density at radius 1 is 1.25 bits per heavy atom. The number of hydrogen-bond acceptors (Lipinski definition) is 2. The number of benzene rings is 1. The summed E-state index contributed by atoms with van der Waals surface area (Å²) in [6.45, 7) is 3.88. The van der Waals surface area contributed by atoms with Crippen molar-refractivity contribution < 1.29 is 9.18 Å². The molecule has 1 aliphatic heterocycles. The van der Waals surface area contributed by atoms with Crippen molar-refractivity contribution in [2.45, 2.75) is 0 Å². The zero-order valence-corrected chi connectivity index (χ0v) is 11.3. The molecule has 1 aromatic heterocycles. The summed E-state index contributed by atoms with van der Waals surface area (Å²) >= 11 is 0. The van der Waals surface area contributed by atoms with Crippen molar-refractivity contribution in [1.82, 2.24) is 9.88 Å². The number of anilines is 1. The number of hydrogen-bond donors (Lipinski definition) is 1. The minimum atomic E-state index is -0.333. The molecule has 0 spiro atoms. The summed E-state index contributed by atoms with van der Waals surface area (Å²) in [5.41, 5.74) is 2.55. The predicted molar refractivity (Wildman–Crippen MR) is 75.8 cm³/mol. The number of carbonyl (C=O) groups excluding carboxylic acids is 1. The molecule has 5 heteroatoms. The summed E-state index contributed by atoms with van der Waals surface area (Å²) in [6, 6.07) is 6.17. The largest absolute Gasteiger partial charge is 0.359 e. The smallest absolute Gasteiger partial charge is 0.263 e. The molecule has 0 aliphatic carbocycles. The van der Waals surface area contributed by atoms with Crippen molar-refractivity contribution in [1.29, 1.82) is 0 Å². The maximum absolute atomic E-state index is 13.4. The number of H-pyrrole nitrogens is 1. The number of nitrogens with zero attached hydrogens (tertiary/aromatic N) is 2. The maximum atomic E-state index is 13.4. The zero-order valence-electron chi connectivity index (χ0n) is 11.3. The van der Waals surface area contributed by atoms with Crippen LogP contribution in [0.2, 0.25) is 0 Å². The van der Waals surface area contributed by atoms with Gasteiger partial charge in [-0.1, -0.05) is 18.7 Å². The van der Waals surface area contributed by atoms with Crippen LogP contribution in [-0.2, 0) is 0 Å². The Morgan fingerprint density at radius 2 is 2.00 bits per heavy atom. The lowest BCUT2D eigenvalue weighted by molar-refractivity contribution is 0.0827. The first-order valence-corrected chi connectivity index (χ1v) is 6.18. The van der Waals surface area contributed by atoms with E-state index in [9.17, 15) is 9.18 Å². The minimum absolute atomic E-state index is 0.149. The molecule has 0 radical (unpaired) electrons. The van der Waals surface area contributed by atoms with Gasteiger partial charge in [0.2, 0.25) is 0 Å². The van der Waals surface area contributed by atoms with E-state index in [1.807, 2.05) is 11.9 Å². The van der Waals surface area contributed by atoms with Gasteiger partial charge in [-0.25, -0.2) is 4.39 Å². The number of fused-ring (bicyclic) bond motifs is 1. The Labute approximate surface area is 116 Å². The number of nitrogens with one attached hydrogen (secondary N) is 1. The quantitative estimate of drug-likeness (QED) is 0.866. The van der Waals surface area contributed by atoms with E-state index in [0.29, 0.717) is 22.6 Å². The minimum Gasteiger partial charge on any atom is -0.359 e. The van der Waals surface area contributed by atoms with E-state index in [0.717, 1.165) is 5.69 Å². The SMILES string of the molecule is C=C1N(C)C(=O)c2c(c[nH]c2-c2cccc(F)c2)N1C. The van der Waals surface area contributed by atoms with Crippen LogP contribution >= 0.6 is 0 Å². The Balaban J connectivity index is 2.21. The molecule has 0 saturated heterocycles. The van der Waals surface area contributed by atoms with Crippen LogP contribution in [0.3, 0.4) is 0 Å². The fourth-order valence-corrected chi connectivity index (χ4v) is 2.41. The first-order valence-electron chi connectivity index (χ1n) is 6.18. The van der Waals surface area contributed by atoms with E-state index in [1.165, 1.54) is 17.0 Å². The second-order valence-corrected chi connectivity index (χ2v) is 4.77. The summed E-state index contributed by atoms with van der Waals surface area (Å²) in [6.07, 6.45) is 1.74. The first-order chi connectivity index (χ1) is 9.50. The molecule has 20 heavy (non-hydrogen) atoms. The van der Waals surface area contributed by atoms with Crippen molar-refractivity contribution in [3.05, 3.63) is 54.2 Å². The molecule has 1 aliphatic rings. The molecular formula is C15H14FN3O. The second-order valence-electron chi connectivity index (χ2n) is 4.77. The van der Waals surface area contributed by atoms with Crippen LogP contribution in [-0.4, -0.2) is 29.9 Å². The van der Waals surface area contributed by atoms with E-state index in [1.54, 1.807) is 25.4 Å². The molecule has 4 nitrogen and oxygen atoms in total. The molecule has 3 rings (SSSR count). The molecule has 2 aromatic rings. The molecular weight excluding hydrogens is 257 g/mol. The van der Waals surface area contributed by atoms with Gasteiger partial charge in [0.25, 0.3) is 5.91 Å². The van der Waals surface area contributed by atoms with E-state index >= 15 is 0 Å². The van der Waals surface area contributed by atoms with Crippen molar-refractivity contribution in [3.8, 4) is 11.3 Å².